The molecule has 8 rings (SSSR count). The molecule has 0 bridgehead atoms. The molecule has 0 radical (unpaired) electrons. The number of alkyl halides is 1. The molecule has 480 valence electrons. The van der Waals surface area contributed by atoms with Crippen molar-refractivity contribution in [3.05, 3.63) is 137 Å². The summed E-state index contributed by atoms with van der Waals surface area (Å²) in [6, 6.07) is 19.3. The number of anilines is 3. The van der Waals surface area contributed by atoms with Gasteiger partial charge in [-0.2, -0.15) is 0 Å². The Labute approximate surface area is 526 Å². The molecule has 3 atom stereocenters. The van der Waals surface area contributed by atoms with E-state index in [1.165, 1.54) is 41.1 Å². The van der Waals surface area contributed by atoms with Gasteiger partial charge in [-0.25, -0.2) is 29.1 Å². The van der Waals surface area contributed by atoms with Crippen molar-refractivity contribution in [2.75, 3.05) is 87.7 Å². The highest BCUT2D eigenvalue weighted by atomic mass is 35.5. The number of aliphatic hydroxyl groups is 1. The van der Waals surface area contributed by atoms with E-state index in [1.807, 2.05) is 19.1 Å². The summed E-state index contributed by atoms with van der Waals surface area (Å²) in [5.74, 6) is -4.16. The number of rotatable bonds is 27. The number of phenolic OH excluding ortho intramolecular Hbond substituents is 1. The van der Waals surface area contributed by atoms with Gasteiger partial charge >= 0.3 is 24.3 Å². The maximum Gasteiger partial charge on any atom is 0.415 e. The van der Waals surface area contributed by atoms with Gasteiger partial charge in [-0.1, -0.05) is 44.2 Å². The highest BCUT2D eigenvalue weighted by molar-refractivity contribution is 6.19. The highest BCUT2D eigenvalue weighted by Gasteiger charge is 2.38. The van der Waals surface area contributed by atoms with Crippen LogP contribution in [0.1, 0.15) is 70.1 Å². The van der Waals surface area contributed by atoms with Crippen molar-refractivity contribution in [3.8, 4) is 11.5 Å². The number of hydrogen-bond acceptors (Lipinski definition) is 17. The molecule has 9 N–H and O–H groups in total. The van der Waals surface area contributed by atoms with Gasteiger partial charge in [0.2, 0.25) is 11.8 Å². The summed E-state index contributed by atoms with van der Waals surface area (Å²) >= 11 is 6.64. The number of aryl methyl sites for hydroxylation is 1. The molecule has 4 aromatic carbocycles. The zero-order chi connectivity index (χ0) is 65.5. The first kappa shape index (κ1) is 66.6. The molecule has 91 heavy (non-hydrogen) atoms. The third kappa shape index (κ3) is 17.1. The number of hydrogen-bond donors (Lipinski definition) is 8. The standard InChI is InChI=1S/C62H69ClN12O16/c1-36(2)54(70-60(85)90-35-75-50(78)20-21-51(75)79)57(82)69-45(9-6-22-65-59(64)84)56(81)66-41-14-10-38(11-15-41)34-89-61(86)71(4)23-24-72(25-27-88-28-26-76)62(87)91-48-29-47-53(52-37(3)7-5-8-44(48)52)40(30-63)31-74(47)58(83)46-33-73-32-42(16-19-49(73)68-46)67-55(80)39-12-17-43(77)18-13-39/h5,7-8,10-21,29,32-33,36,40,45,54,76-77H,6,9,22-28,30-31,34-35H2,1-4H3,(H,66,81)(H,67,80)(H,69,82)(H,70,85)(H3,64,65,84)/t40-,45+,54+/m1/s1. The van der Waals surface area contributed by atoms with Crippen LogP contribution in [0.25, 0.3) is 16.4 Å². The number of pyridine rings is 1. The zero-order valence-corrected chi connectivity index (χ0v) is 50.9. The molecule has 2 aromatic heterocycles. The molecular formula is C62H69ClN12O16. The third-order valence-electron chi connectivity index (χ3n) is 14.8. The molecule has 11 amide bonds. The Morgan fingerprint density at radius 1 is 0.835 bits per heavy atom. The van der Waals surface area contributed by atoms with Crippen molar-refractivity contribution in [3.63, 3.8) is 0 Å². The minimum atomic E-state index is -1.23. The minimum Gasteiger partial charge on any atom is -0.508 e. The molecule has 0 spiro atoms. The lowest BCUT2D eigenvalue weighted by molar-refractivity contribution is -0.141. The van der Waals surface area contributed by atoms with E-state index in [0.717, 1.165) is 28.7 Å². The largest absolute Gasteiger partial charge is 0.508 e. The number of urea groups is 1. The number of nitrogens with two attached hydrogens (primary N) is 1. The van der Waals surface area contributed by atoms with Crippen LogP contribution in [0.2, 0.25) is 0 Å². The fraction of sp³-hybridized carbons (Fsp3) is 0.339. The first-order valence-corrected chi connectivity index (χ1v) is 29.4. The van der Waals surface area contributed by atoms with Gasteiger partial charge in [0.25, 0.3) is 23.6 Å². The quantitative estimate of drug-likeness (QED) is 0.0184. The van der Waals surface area contributed by atoms with Gasteiger partial charge in [0.05, 0.1) is 31.2 Å². The van der Waals surface area contributed by atoms with E-state index in [4.69, 9.17) is 36.3 Å². The number of alkyl carbamates (subject to hydrolysis) is 1. The Bertz CT molecular complexity index is 3730. The summed E-state index contributed by atoms with van der Waals surface area (Å²) in [4.78, 5) is 140. The van der Waals surface area contributed by atoms with Gasteiger partial charge < -0.3 is 80.6 Å². The smallest absolute Gasteiger partial charge is 0.415 e. The van der Waals surface area contributed by atoms with Crippen LogP contribution in [-0.2, 0) is 40.0 Å². The number of nitrogens with one attached hydrogen (secondary N) is 5. The first-order valence-electron chi connectivity index (χ1n) is 28.9. The number of primary amides is 1. The Kier molecular flexibility index (Phi) is 22.5. The Balaban J connectivity index is 0.894. The maximum absolute atomic E-state index is 14.6. The van der Waals surface area contributed by atoms with Crippen molar-refractivity contribution in [2.24, 2.45) is 11.7 Å². The SMILES string of the molecule is Cc1cccc2c(OC(=O)N(CCOCCO)CCN(C)C(=O)OCc3ccc(NC(=O)[C@H](CCCNC(N)=O)NC(=O)[C@@H](NC(=O)OCN4C(=O)C=CC4=O)C(C)C)cc3)cc3c(c12)[C@H](CCl)CN3C(=O)c1cn2cc(NC(=O)c3ccc(O)cc3)ccc2n1. The highest BCUT2D eigenvalue weighted by Crippen LogP contribution is 2.47. The number of carbonyl (C=O) groups excluding carboxylic acids is 10. The molecule has 28 nitrogen and oxygen atoms in total. The predicted octanol–water partition coefficient (Wildman–Crippen LogP) is 5.32. The first-order chi connectivity index (χ1) is 43.6. The summed E-state index contributed by atoms with van der Waals surface area (Å²) in [5, 5.41) is 33.4. The molecular weight excluding hydrogens is 1200 g/mol. The van der Waals surface area contributed by atoms with E-state index in [9.17, 15) is 58.2 Å². The van der Waals surface area contributed by atoms with E-state index >= 15 is 0 Å². The number of ether oxygens (including phenoxy) is 4. The van der Waals surface area contributed by atoms with Gasteiger partial charge in [-0.05, 0) is 96.3 Å². The van der Waals surface area contributed by atoms with Crippen molar-refractivity contribution in [1.29, 1.82) is 0 Å². The molecule has 0 saturated carbocycles. The third-order valence-corrected chi connectivity index (χ3v) is 15.2. The monoisotopic (exact) mass is 1270 g/mol. The number of imidazole rings is 1. The van der Waals surface area contributed by atoms with E-state index in [1.54, 1.807) is 84.1 Å². The molecule has 0 aliphatic carbocycles. The predicted molar refractivity (Wildman–Crippen MR) is 331 cm³/mol. The number of imide groups is 1. The van der Waals surface area contributed by atoms with Gasteiger partial charge in [0.15, 0.2) is 6.73 Å². The summed E-state index contributed by atoms with van der Waals surface area (Å²) in [6.45, 7) is 4.16. The molecule has 29 heteroatoms. The van der Waals surface area contributed by atoms with E-state index in [2.05, 4.69) is 31.6 Å². The summed E-state index contributed by atoms with van der Waals surface area (Å²) in [6.07, 6.45) is 2.77. The number of halogens is 1. The molecule has 0 unspecified atom stereocenters. The van der Waals surface area contributed by atoms with E-state index in [-0.39, 0.29) is 101 Å². The lowest BCUT2D eigenvalue weighted by atomic mass is 9.92. The Morgan fingerprint density at radius 2 is 1.56 bits per heavy atom. The van der Waals surface area contributed by atoms with E-state index in [0.29, 0.717) is 44.1 Å². The number of carbonyl (C=O) groups is 10. The number of phenols is 1. The molecule has 2 aliphatic rings. The van der Waals surface area contributed by atoms with E-state index < -0.39 is 84.5 Å². The van der Waals surface area contributed by atoms with Crippen LogP contribution >= 0.6 is 11.6 Å². The number of aliphatic hydroxyl groups excluding tert-OH is 1. The van der Waals surface area contributed by atoms with Crippen LogP contribution in [0.15, 0.2) is 109 Å². The molecule has 0 fully saturated rings. The zero-order valence-electron chi connectivity index (χ0n) is 50.1. The number of amides is 11. The van der Waals surface area contributed by atoms with Crippen molar-refractivity contribution in [1.82, 2.24) is 40.0 Å². The number of aromatic hydroxyl groups is 1. The number of fused-ring (bicyclic) bond motifs is 4. The van der Waals surface area contributed by atoms with Gasteiger partial charge in [0, 0.05) is 98.8 Å². The van der Waals surface area contributed by atoms with Gasteiger partial charge in [-0.15, -0.1) is 11.6 Å². The second-order valence-corrected chi connectivity index (χ2v) is 21.9. The average molecular weight is 1270 g/mol. The van der Waals surface area contributed by atoms with Crippen LogP contribution in [0.3, 0.4) is 0 Å². The number of benzene rings is 4. The maximum atomic E-state index is 14.6. The Morgan fingerprint density at radius 3 is 2.25 bits per heavy atom. The van der Waals surface area contributed by atoms with Crippen molar-refractivity contribution in [2.45, 2.75) is 58.2 Å². The average Bonchev–Trinajstić information content (AvgIpc) is 1.64. The van der Waals surface area contributed by atoms with Gasteiger partial charge in [0.1, 0.15) is 41.5 Å². The van der Waals surface area contributed by atoms with Crippen LogP contribution in [0.5, 0.6) is 11.5 Å². The van der Waals surface area contributed by atoms with Crippen LogP contribution < -0.4 is 42.0 Å². The topological polar surface area (TPSA) is 365 Å². The minimum absolute atomic E-state index is 0.00114. The Hall–Kier alpha value is -10.3. The lowest BCUT2D eigenvalue weighted by Crippen LogP contribution is -2.55. The summed E-state index contributed by atoms with van der Waals surface area (Å²) < 4.78 is 24.0. The van der Waals surface area contributed by atoms with Crippen LogP contribution in [0, 0.1) is 12.8 Å². The fourth-order valence-corrected chi connectivity index (χ4v) is 10.2. The molecule has 4 heterocycles. The number of likely N-dealkylation sites (N-methyl/N-ethyl adjacent to an activating group) is 1. The fourth-order valence-electron chi connectivity index (χ4n) is 9.97. The summed E-state index contributed by atoms with van der Waals surface area (Å²) in [7, 11) is 1.48. The number of nitrogens with zero attached hydrogens (tertiary/aromatic N) is 6. The summed E-state index contributed by atoms with van der Waals surface area (Å²) in [5.41, 5.74) is 9.38. The van der Waals surface area contributed by atoms with Crippen LogP contribution in [0.4, 0.5) is 36.2 Å². The second kappa shape index (κ2) is 30.7. The lowest BCUT2D eigenvalue weighted by Gasteiger charge is -2.26. The van der Waals surface area contributed by atoms with Crippen molar-refractivity contribution >= 4 is 105 Å². The molecule has 6 aromatic rings. The molecule has 2 aliphatic heterocycles. The number of aromatic nitrogens is 2. The normalized spacial score (nSPS) is 14.0. The molecule has 0 saturated heterocycles. The second-order valence-electron chi connectivity index (χ2n) is 21.6. The van der Waals surface area contributed by atoms with Crippen LogP contribution in [-0.4, -0.2) is 178 Å². The van der Waals surface area contributed by atoms with Crippen molar-refractivity contribution < 1.29 is 77.1 Å². The van der Waals surface area contributed by atoms with Gasteiger partial charge in [-0.3, -0.25) is 28.8 Å².